The van der Waals surface area contributed by atoms with Crippen LogP contribution in [0.15, 0.2) is 35.3 Å². The lowest BCUT2D eigenvalue weighted by Crippen LogP contribution is -2.42. The van der Waals surface area contributed by atoms with Crippen LogP contribution in [0.2, 0.25) is 0 Å². The molecule has 0 amide bonds. The maximum Gasteiger partial charge on any atom is 0.191 e. The second-order valence-corrected chi connectivity index (χ2v) is 7.40. The summed E-state index contributed by atoms with van der Waals surface area (Å²) >= 11 is 0. The van der Waals surface area contributed by atoms with Crippen LogP contribution < -0.4 is 10.6 Å². The molecule has 0 saturated carbocycles. The zero-order valence-electron chi connectivity index (χ0n) is 13.4. The Hall–Kier alpha value is -0.830. The van der Waals surface area contributed by atoms with E-state index in [2.05, 4.69) is 15.6 Å². The monoisotopic (exact) mass is 439 g/mol. The van der Waals surface area contributed by atoms with Crippen LogP contribution in [0.3, 0.4) is 0 Å². The summed E-state index contributed by atoms with van der Waals surface area (Å²) in [7, 11) is -2.92. The number of aliphatic imine (C=N–C) groups is 1. The predicted octanol–water partition coefficient (Wildman–Crippen LogP) is 2.18. The van der Waals surface area contributed by atoms with Gasteiger partial charge in [0.2, 0.25) is 0 Å². The zero-order valence-corrected chi connectivity index (χ0v) is 16.5. The Kier molecular flexibility index (Phi) is 10.4. The molecule has 1 rings (SSSR count). The molecule has 0 bridgehead atoms. The molecule has 0 aromatic heterocycles. The van der Waals surface area contributed by atoms with Crippen molar-refractivity contribution in [2.24, 2.45) is 4.99 Å². The number of hydrogen-bond acceptors (Lipinski definition) is 3. The van der Waals surface area contributed by atoms with Gasteiger partial charge in [-0.1, -0.05) is 30.3 Å². The Bertz CT molecular complexity index is 547. The highest BCUT2D eigenvalue weighted by atomic mass is 127. The van der Waals surface area contributed by atoms with Crippen molar-refractivity contribution >= 4 is 39.8 Å². The molecule has 0 aliphatic carbocycles. The minimum Gasteiger partial charge on any atom is -0.357 e. The average molecular weight is 439 g/mol. The van der Waals surface area contributed by atoms with Gasteiger partial charge in [-0.05, 0) is 25.8 Å². The molecule has 0 aliphatic rings. The minimum absolute atomic E-state index is 0. The summed E-state index contributed by atoms with van der Waals surface area (Å²) < 4.78 is 22.4. The van der Waals surface area contributed by atoms with Crippen molar-refractivity contribution in [1.29, 1.82) is 0 Å². The summed E-state index contributed by atoms with van der Waals surface area (Å²) in [5.74, 6) is 0.890. The summed E-state index contributed by atoms with van der Waals surface area (Å²) in [5, 5.41) is 6.41. The number of nitrogens with one attached hydrogen (secondary N) is 2. The molecular weight excluding hydrogens is 413 g/mol. The maximum absolute atomic E-state index is 11.2. The van der Waals surface area contributed by atoms with Gasteiger partial charge >= 0.3 is 0 Å². The smallest absolute Gasteiger partial charge is 0.191 e. The van der Waals surface area contributed by atoms with Gasteiger partial charge in [0.1, 0.15) is 9.84 Å². The summed E-state index contributed by atoms with van der Waals surface area (Å²) in [6, 6.07) is 10.1. The molecule has 1 unspecified atom stereocenters. The Morgan fingerprint density at radius 1 is 1.27 bits per heavy atom. The van der Waals surface area contributed by atoms with Crippen molar-refractivity contribution in [2.75, 3.05) is 18.6 Å². The van der Waals surface area contributed by atoms with Gasteiger partial charge in [-0.15, -0.1) is 24.0 Å². The van der Waals surface area contributed by atoms with Crippen molar-refractivity contribution in [2.45, 2.75) is 32.9 Å². The normalized spacial score (nSPS) is 13.1. The molecule has 1 atom stereocenters. The number of rotatable bonds is 7. The van der Waals surface area contributed by atoms with Crippen LogP contribution in [0.4, 0.5) is 0 Å². The van der Waals surface area contributed by atoms with E-state index in [0.29, 0.717) is 18.9 Å². The van der Waals surface area contributed by atoms with E-state index in [-0.39, 0.29) is 35.8 Å². The number of halogens is 1. The number of benzene rings is 1. The highest BCUT2D eigenvalue weighted by Crippen LogP contribution is 2.00. The Labute approximate surface area is 150 Å². The molecule has 5 nitrogen and oxygen atoms in total. The predicted molar refractivity (Wildman–Crippen MR) is 104 cm³/mol. The van der Waals surface area contributed by atoms with Gasteiger partial charge in [-0.3, -0.25) is 0 Å². The largest absolute Gasteiger partial charge is 0.357 e. The number of guanidine groups is 1. The van der Waals surface area contributed by atoms with Crippen LogP contribution in [0.1, 0.15) is 25.8 Å². The van der Waals surface area contributed by atoms with E-state index in [4.69, 9.17) is 0 Å². The van der Waals surface area contributed by atoms with Crippen molar-refractivity contribution in [3.05, 3.63) is 35.9 Å². The molecule has 0 saturated heterocycles. The maximum atomic E-state index is 11.2. The van der Waals surface area contributed by atoms with Crippen LogP contribution in [-0.4, -0.2) is 39.0 Å². The van der Waals surface area contributed by atoms with Gasteiger partial charge in [-0.2, -0.15) is 0 Å². The topological polar surface area (TPSA) is 70.6 Å². The summed E-state index contributed by atoms with van der Waals surface area (Å²) in [4.78, 5) is 4.51. The van der Waals surface area contributed by atoms with E-state index in [9.17, 15) is 8.42 Å². The first-order chi connectivity index (χ1) is 9.90. The minimum atomic E-state index is -2.92. The van der Waals surface area contributed by atoms with Crippen LogP contribution in [-0.2, 0) is 16.4 Å². The second-order valence-electron chi connectivity index (χ2n) is 5.14. The molecule has 7 heteroatoms. The molecule has 0 spiro atoms. The van der Waals surface area contributed by atoms with Crippen LogP contribution in [0.25, 0.3) is 0 Å². The molecular formula is C15H26IN3O2S. The van der Waals surface area contributed by atoms with E-state index in [1.165, 1.54) is 6.26 Å². The fourth-order valence-corrected chi connectivity index (χ4v) is 2.55. The van der Waals surface area contributed by atoms with E-state index >= 15 is 0 Å². The van der Waals surface area contributed by atoms with Crippen LogP contribution in [0, 0.1) is 0 Å². The van der Waals surface area contributed by atoms with Gasteiger partial charge in [0.05, 0.1) is 12.3 Å². The third-order valence-electron chi connectivity index (χ3n) is 2.91. The molecule has 1 aromatic carbocycles. The van der Waals surface area contributed by atoms with E-state index in [1.54, 1.807) is 0 Å². The second kappa shape index (κ2) is 10.8. The van der Waals surface area contributed by atoms with Crippen LogP contribution in [0.5, 0.6) is 0 Å². The highest BCUT2D eigenvalue weighted by molar-refractivity contribution is 14.0. The van der Waals surface area contributed by atoms with Gasteiger partial charge < -0.3 is 10.6 Å². The van der Waals surface area contributed by atoms with Crippen molar-refractivity contribution in [3.8, 4) is 0 Å². The molecule has 1 aromatic rings. The Morgan fingerprint density at radius 3 is 2.45 bits per heavy atom. The first-order valence-electron chi connectivity index (χ1n) is 7.17. The van der Waals surface area contributed by atoms with Crippen LogP contribution >= 0.6 is 24.0 Å². The SMILES string of the molecule is CCNC(=NCc1ccccc1)NC(C)CCS(C)(=O)=O.I. The first-order valence-corrected chi connectivity index (χ1v) is 9.23. The van der Waals surface area contributed by atoms with Crippen molar-refractivity contribution in [3.63, 3.8) is 0 Å². The average Bonchev–Trinajstić information content (AvgIpc) is 2.43. The zero-order chi connectivity index (χ0) is 15.7. The number of sulfone groups is 1. The quantitative estimate of drug-likeness (QED) is 0.388. The number of hydrogen-bond donors (Lipinski definition) is 2. The summed E-state index contributed by atoms with van der Waals surface area (Å²) in [5.41, 5.74) is 1.14. The van der Waals surface area contributed by atoms with E-state index in [0.717, 1.165) is 12.1 Å². The first kappa shape index (κ1) is 21.2. The molecule has 0 fully saturated rings. The van der Waals surface area contributed by atoms with E-state index in [1.807, 2.05) is 44.2 Å². The van der Waals surface area contributed by atoms with Crippen molar-refractivity contribution < 1.29 is 8.42 Å². The van der Waals surface area contributed by atoms with Gasteiger partial charge in [0.25, 0.3) is 0 Å². The summed E-state index contributed by atoms with van der Waals surface area (Å²) in [6.07, 6.45) is 1.82. The highest BCUT2D eigenvalue weighted by Gasteiger charge is 2.09. The standard InChI is InChI=1S/C15H25N3O2S.HI/c1-4-16-15(17-12-14-8-6-5-7-9-14)18-13(2)10-11-21(3,19)20;/h5-9,13H,4,10-12H2,1-3H3,(H2,16,17,18);1H. The lowest BCUT2D eigenvalue weighted by molar-refractivity contribution is 0.581. The Morgan fingerprint density at radius 2 is 1.91 bits per heavy atom. The third kappa shape index (κ3) is 9.99. The molecule has 0 aliphatic heterocycles. The fourth-order valence-electron chi connectivity index (χ4n) is 1.77. The Balaban J connectivity index is 0.00000441. The third-order valence-corrected chi connectivity index (χ3v) is 3.89. The van der Waals surface area contributed by atoms with Crippen molar-refractivity contribution in [1.82, 2.24) is 10.6 Å². The van der Waals surface area contributed by atoms with Gasteiger partial charge in [0, 0.05) is 18.8 Å². The van der Waals surface area contributed by atoms with Gasteiger partial charge in [-0.25, -0.2) is 13.4 Å². The molecule has 0 heterocycles. The lowest BCUT2D eigenvalue weighted by Gasteiger charge is -2.17. The number of nitrogens with zero attached hydrogens (tertiary/aromatic N) is 1. The molecule has 126 valence electrons. The fraction of sp³-hybridized carbons (Fsp3) is 0.533. The lowest BCUT2D eigenvalue weighted by atomic mass is 10.2. The molecule has 2 N–H and O–H groups in total. The van der Waals surface area contributed by atoms with Gasteiger partial charge in [0.15, 0.2) is 5.96 Å². The molecule has 22 heavy (non-hydrogen) atoms. The summed E-state index contributed by atoms with van der Waals surface area (Å²) in [6.45, 7) is 5.32. The van der Waals surface area contributed by atoms with E-state index < -0.39 is 9.84 Å². The molecule has 0 radical (unpaired) electrons.